The molecule has 0 saturated carbocycles. The minimum Gasteiger partial charge on any atom is -0.285 e. The van der Waals surface area contributed by atoms with Crippen LogP contribution >= 0.6 is 14.1 Å². The van der Waals surface area contributed by atoms with Crippen LogP contribution in [-0.2, 0) is 13.1 Å². The topological polar surface area (TPSA) is 24.7 Å². The molecular weight excluding hydrogens is 618 g/mol. The zero-order chi connectivity index (χ0) is 32.5. The van der Waals surface area contributed by atoms with Gasteiger partial charge >= 0.3 is 0 Å². The summed E-state index contributed by atoms with van der Waals surface area (Å²) in [5, 5.41) is 7.57. The molecule has 0 atom stereocenters. The lowest BCUT2D eigenvalue weighted by Crippen LogP contribution is -2.25. The molecular formula is C44H38N2P2. The fraction of sp³-hybridized carbons (Fsp3) is 0.0455. The van der Waals surface area contributed by atoms with Crippen LogP contribution in [0.2, 0.25) is 0 Å². The van der Waals surface area contributed by atoms with E-state index in [1.807, 2.05) is 0 Å². The van der Waals surface area contributed by atoms with Gasteiger partial charge < -0.3 is 0 Å². The van der Waals surface area contributed by atoms with E-state index in [4.69, 9.17) is 9.49 Å². The Morgan fingerprint density at radius 1 is 0.271 bits per heavy atom. The van der Waals surface area contributed by atoms with Crippen molar-refractivity contribution in [2.24, 2.45) is 9.49 Å². The van der Waals surface area contributed by atoms with Gasteiger partial charge in [-0.05, 0) is 11.1 Å². The highest BCUT2D eigenvalue weighted by molar-refractivity contribution is 7.87. The Bertz CT molecular complexity index is 1800. The number of hydrogen-bond acceptors (Lipinski definition) is 2. The summed E-state index contributed by atoms with van der Waals surface area (Å²) in [7, 11) is -4.58. The summed E-state index contributed by atoms with van der Waals surface area (Å²) in [6, 6.07) is 73.9. The fourth-order valence-corrected chi connectivity index (χ4v) is 13.6. The van der Waals surface area contributed by atoms with Crippen LogP contribution < -0.4 is 31.8 Å². The van der Waals surface area contributed by atoms with Crippen molar-refractivity contribution in [3.05, 3.63) is 217 Å². The smallest absolute Gasteiger partial charge is 0.0636 e. The molecule has 234 valence electrons. The van der Waals surface area contributed by atoms with Crippen LogP contribution in [-0.4, -0.2) is 0 Å². The number of nitrogens with zero attached hydrogens (tertiary/aromatic N) is 2. The molecule has 0 N–H and O–H groups in total. The quantitative estimate of drug-likeness (QED) is 0.131. The standard InChI is InChI=1S/C44H38N2P2/c1-7-22-39(23-8-1)47(40-24-9-2-10-25-40,41-26-11-3-12-27-41)45-35-37-20-19-21-38(34-37)36-46-48(42-28-13-4-14-29-42,43-30-15-5-16-31-43)44-32-17-6-18-33-44/h1-34H,35-36H2. The number of rotatable bonds is 10. The molecule has 0 aliphatic rings. The van der Waals surface area contributed by atoms with Crippen molar-refractivity contribution >= 4 is 45.9 Å². The van der Waals surface area contributed by atoms with Crippen molar-refractivity contribution in [3.8, 4) is 0 Å². The van der Waals surface area contributed by atoms with Crippen LogP contribution in [0.1, 0.15) is 11.1 Å². The maximum Gasteiger partial charge on any atom is 0.0636 e. The Balaban J connectivity index is 1.34. The molecule has 7 aromatic carbocycles. The normalized spacial score (nSPS) is 11.5. The van der Waals surface area contributed by atoms with Gasteiger partial charge in [-0.2, -0.15) is 0 Å². The molecule has 4 heteroatoms. The molecule has 0 unspecified atom stereocenters. The first-order valence-electron chi connectivity index (χ1n) is 16.4. The SMILES string of the molecule is c1ccc(P(=NCc2cccc(CN=P(c3ccccc3)(c3ccccc3)c3ccccc3)c2)(c2ccccc2)c2ccccc2)cc1. The second-order valence-corrected chi connectivity index (χ2v) is 17.9. The third-order valence-electron chi connectivity index (χ3n) is 8.70. The van der Waals surface area contributed by atoms with Crippen LogP contribution in [0.15, 0.2) is 216 Å². The van der Waals surface area contributed by atoms with Crippen molar-refractivity contribution in [2.75, 3.05) is 0 Å². The number of hydrogen-bond donors (Lipinski definition) is 0. The molecule has 0 fully saturated rings. The van der Waals surface area contributed by atoms with Crippen LogP contribution in [0, 0.1) is 0 Å². The summed E-state index contributed by atoms with van der Waals surface area (Å²) < 4.78 is 11.4. The highest BCUT2D eigenvalue weighted by Gasteiger charge is 2.28. The Hall–Kier alpha value is -5.00. The predicted molar refractivity (Wildman–Crippen MR) is 209 cm³/mol. The molecule has 48 heavy (non-hydrogen) atoms. The molecule has 2 nitrogen and oxygen atoms in total. The first-order valence-corrected chi connectivity index (χ1v) is 19.8. The van der Waals surface area contributed by atoms with Crippen molar-refractivity contribution < 1.29 is 0 Å². The third-order valence-corrected chi connectivity index (χ3v) is 16.1. The summed E-state index contributed by atoms with van der Waals surface area (Å²) >= 11 is 0. The van der Waals surface area contributed by atoms with E-state index in [1.165, 1.54) is 43.0 Å². The first-order chi connectivity index (χ1) is 23.8. The molecule has 0 saturated heterocycles. The second-order valence-electron chi connectivity index (χ2n) is 11.7. The molecule has 0 amide bonds. The van der Waals surface area contributed by atoms with Gasteiger partial charge in [-0.3, -0.25) is 9.49 Å². The Morgan fingerprint density at radius 2 is 0.500 bits per heavy atom. The van der Waals surface area contributed by atoms with E-state index in [-0.39, 0.29) is 0 Å². The van der Waals surface area contributed by atoms with Crippen LogP contribution in [0.25, 0.3) is 0 Å². The van der Waals surface area contributed by atoms with E-state index in [1.54, 1.807) is 0 Å². The summed E-state index contributed by atoms with van der Waals surface area (Å²) in [4.78, 5) is 0. The van der Waals surface area contributed by atoms with Gasteiger partial charge in [0.2, 0.25) is 0 Å². The van der Waals surface area contributed by atoms with E-state index in [0.717, 1.165) is 0 Å². The second kappa shape index (κ2) is 14.8. The molecule has 0 heterocycles. The van der Waals surface area contributed by atoms with Crippen molar-refractivity contribution in [1.29, 1.82) is 0 Å². The van der Waals surface area contributed by atoms with Gasteiger partial charge in [-0.1, -0.05) is 206 Å². The zero-order valence-electron chi connectivity index (χ0n) is 26.8. The minimum absolute atomic E-state index is 0.608. The van der Waals surface area contributed by atoms with Gasteiger partial charge in [0.25, 0.3) is 0 Å². The summed E-state index contributed by atoms with van der Waals surface area (Å²) in [6.45, 7) is 1.22. The van der Waals surface area contributed by atoms with Gasteiger partial charge in [-0.25, -0.2) is 0 Å². The fourth-order valence-electron chi connectivity index (χ4n) is 6.45. The van der Waals surface area contributed by atoms with Gasteiger partial charge in [0.05, 0.1) is 27.2 Å². The van der Waals surface area contributed by atoms with Crippen molar-refractivity contribution in [1.82, 2.24) is 0 Å². The number of benzene rings is 7. The molecule has 7 rings (SSSR count). The van der Waals surface area contributed by atoms with E-state index in [9.17, 15) is 0 Å². The third kappa shape index (κ3) is 6.43. The molecule has 0 bridgehead atoms. The molecule has 0 aliphatic carbocycles. The van der Waals surface area contributed by atoms with Gasteiger partial charge in [-0.15, -0.1) is 0 Å². The van der Waals surface area contributed by atoms with Crippen LogP contribution in [0.3, 0.4) is 0 Å². The first kappa shape index (κ1) is 31.6. The van der Waals surface area contributed by atoms with E-state index >= 15 is 0 Å². The highest BCUT2D eigenvalue weighted by Crippen LogP contribution is 2.48. The summed E-state index contributed by atoms with van der Waals surface area (Å²) in [5.74, 6) is 0. The maximum atomic E-state index is 5.72. The predicted octanol–water partition coefficient (Wildman–Crippen LogP) is 9.04. The largest absolute Gasteiger partial charge is 0.285 e. The lowest BCUT2D eigenvalue weighted by Gasteiger charge is -2.27. The Morgan fingerprint density at radius 3 is 0.729 bits per heavy atom. The van der Waals surface area contributed by atoms with E-state index in [2.05, 4.69) is 206 Å². The maximum absolute atomic E-state index is 5.72. The molecule has 0 aliphatic heterocycles. The lowest BCUT2D eigenvalue weighted by atomic mass is 10.1. The zero-order valence-corrected chi connectivity index (χ0v) is 28.6. The van der Waals surface area contributed by atoms with Gasteiger partial charge in [0, 0.05) is 31.8 Å². The summed E-state index contributed by atoms with van der Waals surface area (Å²) in [6.07, 6.45) is 0. The van der Waals surface area contributed by atoms with Gasteiger partial charge in [0.1, 0.15) is 0 Å². The van der Waals surface area contributed by atoms with Crippen molar-refractivity contribution in [2.45, 2.75) is 13.1 Å². The molecule has 7 aromatic rings. The minimum atomic E-state index is -2.29. The van der Waals surface area contributed by atoms with Gasteiger partial charge in [0.15, 0.2) is 0 Å². The Labute approximate surface area is 284 Å². The lowest BCUT2D eigenvalue weighted by molar-refractivity contribution is 1.04. The van der Waals surface area contributed by atoms with E-state index in [0.29, 0.717) is 13.1 Å². The molecule has 0 radical (unpaired) electrons. The molecule has 0 aromatic heterocycles. The Kier molecular flexibility index (Phi) is 9.76. The van der Waals surface area contributed by atoms with Crippen LogP contribution in [0.4, 0.5) is 0 Å². The van der Waals surface area contributed by atoms with Crippen molar-refractivity contribution in [3.63, 3.8) is 0 Å². The average molecular weight is 657 g/mol. The highest BCUT2D eigenvalue weighted by atomic mass is 31.2. The monoisotopic (exact) mass is 656 g/mol. The molecule has 0 spiro atoms. The van der Waals surface area contributed by atoms with E-state index < -0.39 is 14.1 Å². The average Bonchev–Trinajstić information content (AvgIpc) is 3.18. The van der Waals surface area contributed by atoms with Crippen LogP contribution in [0.5, 0.6) is 0 Å². The summed E-state index contributed by atoms with van der Waals surface area (Å²) in [5.41, 5.74) is 2.39.